The fourth-order valence-corrected chi connectivity index (χ4v) is 3.28. The highest BCUT2D eigenvalue weighted by Gasteiger charge is 2.17. The highest BCUT2D eigenvalue weighted by atomic mass is 35.5. The summed E-state index contributed by atoms with van der Waals surface area (Å²) in [6, 6.07) is 5.98. The van der Waals surface area contributed by atoms with Crippen molar-refractivity contribution in [2.45, 2.75) is 30.6 Å². The first kappa shape index (κ1) is 16.9. The van der Waals surface area contributed by atoms with Crippen LogP contribution in [0.15, 0.2) is 23.1 Å². The molecule has 7 heteroatoms. The van der Waals surface area contributed by atoms with E-state index in [0.717, 1.165) is 19.3 Å². The van der Waals surface area contributed by atoms with E-state index in [-0.39, 0.29) is 16.5 Å². The Balaban J connectivity index is 2.59. The van der Waals surface area contributed by atoms with Crippen molar-refractivity contribution in [2.75, 3.05) is 13.2 Å². The largest absolute Gasteiger partial charge is 0.396 e. The lowest BCUT2D eigenvalue weighted by Gasteiger charge is -2.08. The summed E-state index contributed by atoms with van der Waals surface area (Å²) >= 11 is 5.88. The number of rotatable bonds is 8. The molecular weight excluding hydrogens is 300 g/mol. The number of hydrogen-bond donors (Lipinski definition) is 2. The van der Waals surface area contributed by atoms with Crippen molar-refractivity contribution < 1.29 is 13.5 Å². The molecule has 0 aliphatic carbocycles. The second-order valence-corrected chi connectivity index (χ2v) is 6.44. The second kappa shape index (κ2) is 8.22. The van der Waals surface area contributed by atoms with Gasteiger partial charge in [0, 0.05) is 13.2 Å². The first-order valence-corrected chi connectivity index (χ1v) is 8.17. The predicted octanol–water partition coefficient (Wildman–Crippen LogP) is 2.04. The predicted molar refractivity (Wildman–Crippen MR) is 76.9 cm³/mol. The molecule has 0 amide bonds. The van der Waals surface area contributed by atoms with E-state index in [1.54, 1.807) is 0 Å². The SMILES string of the molecule is N#Cc1ccc(S(=O)(=O)NCCCCCCO)c(Cl)c1. The van der Waals surface area contributed by atoms with E-state index >= 15 is 0 Å². The minimum atomic E-state index is -3.65. The summed E-state index contributed by atoms with van der Waals surface area (Å²) in [6.45, 7) is 0.483. The molecule has 5 nitrogen and oxygen atoms in total. The van der Waals surface area contributed by atoms with Gasteiger partial charge in [0.1, 0.15) is 4.90 Å². The Kier molecular flexibility index (Phi) is 6.96. The number of nitriles is 1. The van der Waals surface area contributed by atoms with E-state index in [1.165, 1.54) is 18.2 Å². The Hall–Kier alpha value is -1.13. The smallest absolute Gasteiger partial charge is 0.242 e. The van der Waals surface area contributed by atoms with Gasteiger partial charge in [0.15, 0.2) is 0 Å². The molecule has 0 saturated carbocycles. The molecular formula is C13H17ClN2O3S. The van der Waals surface area contributed by atoms with Gasteiger partial charge < -0.3 is 5.11 Å². The fourth-order valence-electron chi connectivity index (χ4n) is 1.66. The molecule has 0 saturated heterocycles. The van der Waals surface area contributed by atoms with Crippen molar-refractivity contribution in [3.05, 3.63) is 28.8 Å². The summed E-state index contributed by atoms with van der Waals surface area (Å²) in [5.74, 6) is 0. The molecule has 1 aromatic carbocycles. The van der Waals surface area contributed by atoms with Crippen LogP contribution < -0.4 is 4.72 Å². The van der Waals surface area contributed by atoms with Gasteiger partial charge in [-0.2, -0.15) is 5.26 Å². The Morgan fingerprint density at radius 2 is 1.95 bits per heavy atom. The normalized spacial score (nSPS) is 11.2. The number of nitrogens with zero attached hydrogens (tertiary/aromatic N) is 1. The zero-order valence-electron chi connectivity index (χ0n) is 11.0. The minimum absolute atomic E-state index is 0.0199. The molecule has 1 aromatic rings. The molecule has 1 rings (SSSR count). The first-order valence-electron chi connectivity index (χ1n) is 6.31. The maximum absolute atomic E-state index is 12.0. The van der Waals surface area contributed by atoms with Gasteiger partial charge >= 0.3 is 0 Å². The summed E-state index contributed by atoms with van der Waals surface area (Å²) in [5.41, 5.74) is 0.318. The molecule has 0 atom stereocenters. The molecule has 0 aliphatic rings. The highest BCUT2D eigenvalue weighted by molar-refractivity contribution is 7.89. The van der Waals surface area contributed by atoms with Crippen molar-refractivity contribution >= 4 is 21.6 Å². The zero-order chi connectivity index (χ0) is 15.0. The summed E-state index contributed by atoms with van der Waals surface area (Å²) in [7, 11) is -3.65. The van der Waals surface area contributed by atoms with Gasteiger partial charge in [-0.25, -0.2) is 13.1 Å². The molecule has 20 heavy (non-hydrogen) atoms. The van der Waals surface area contributed by atoms with Crippen LogP contribution in [0.25, 0.3) is 0 Å². The minimum Gasteiger partial charge on any atom is -0.396 e. The summed E-state index contributed by atoms with van der Waals surface area (Å²) < 4.78 is 26.5. The zero-order valence-corrected chi connectivity index (χ0v) is 12.5. The number of aliphatic hydroxyl groups is 1. The van der Waals surface area contributed by atoms with Gasteiger partial charge in [-0.05, 0) is 31.0 Å². The molecule has 0 aromatic heterocycles. The van der Waals surface area contributed by atoms with Crippen LogP contribution >= 0.6 is 11.6 Å². The number of sulfonamides is 1. The van der Waals surface area contributed by atoms with Crippen molar-refractivity contribution in [1.82, 2.24) is 4.72 Å². The maximum Gasteiger partial charge on any atom is 0.242 e. The van der Waals surface area contributed by atoms with Gasteiger partial charge in [0.25, 0.3) is 0 Å². The Bertz CT molecular complexity index is 582. The van der Waals surface area contributed by atoms with Crippen LogP contribution in [-0.4, -0.2) is 26.7 Å². The van der Waals surface area contributed by atoms with E-state index in [1.807, 2.05) is 6.07 Å². The average molecular weight is 317 g/mol. The Morgan fingerprint density at radius 3 is 2.55 bits per heavy atom. The van der Waals surface area contributed by atoms with Crippen molar-refractivity contribution in [3.63, 3.8) is 0 Å². The van der Waals surface area contributed by atoms with Crippen LogP contribution in [-0.2, 0) is 10.0 Å². The molecule has 0 heterocycles. The molecule has 0 spiro atoms. The van der Waals surface area contributed by atoms with Gasteiger partial charge in [-0.3, -0.25) is 0 Å². The topological polar surface area (TPSA) is 90.2 Å². The Labute approximate surface area is 124 Å². The van der Waals surface area contributed by atoms with E-state index in [0.29, 0.717) is 18.5 Å². The summed E-state index contributed by atoms with van der Waals surface area (Å²) in [4.78, 5) is -0.0199. The molecule has 0 fully saturated rings. The number of halogens is 1. The highest BCUT2D eigenvalue weighted by Crippen LogP contribution is 2.22. The second-order valence-electron chi connectivity index (χ2n) is 4.29. The maximum atomic E-state index is 12.0. The third kappa shape index (κ3) is 5.10. The standard InChI is InChI=1S/C13H17ClN2O3S/c14-12-9-11(10-15)5-6-13(12)20(18,19)16-7-3-1-2-4-8-17/h5-6,9,16-17H,1-4,7-8H2. The summed E-state index contributed by atoms with van der Waals surface area (Å²) in [6.07, 6.45) is 3.15. The van der Waals surface area contributed by atoms with Crippen LogP contribution in [0, 0.1) is 11.3 Å². The number of unbranched alkanes of at least 4 members (excludes halogenated alkanes) is 3. The quantitative estimate of drug-likeness (QED) is 0.718. The van der Waals surface area contributed by atoms with Crippen LogP contribution in [0.5, 0.6) is 0 Å². The first-order chi connectivity index (χ1) is 9.51. The van der Waals surface area contributed by atoms with Gasteiger partial charge in [0.05, 0.1) is 16.7 Å². The van der Waals surface area contributed by atoms with Crippen molar-refractivity contribution in [1.29, 1.82) is 5.26 Å². The number of benzene rings is 1. The van der Waals surface area contributed by atoms with E-state index in [4.69, 9.17) is 22.0 Å². The van der Waals surface area contributed by atoms with E-state index in [2.05, 4.69) is 4.72 Å². The molecule has 2 N–H and O–H groups in total. The molecule has 0 radical (unpaired) electrons. The lowest BCUT2D eigenvalue weighted by Crippen LogP contribution is -2.25. The lowest BCUT2D eigenvalue weighted by atomic mass is 10.2. The monoisotopic (exact) mass is 316 g/mol. The average Bonchev–Trinajstić information content (AvgIpc) is 2.42. The molecule has 110 valence electrons. The number of aliphatic hydroxyl groups excluding tert-OH is 1. The van der Waals surface area contributed by atoms with Crippen molar-refractivity contribution in [2.24, 2.45) is 0 Å². The number of nitrogens with one attached hydrogen (secondary N) is 1. The molecule has 0 aliphatic heterocycles. The van der Waals surface area contributed by atoms with Crippen LogP contribution in [0.3, 0.4) is 0 Å². The summed E-state index contributed by atoms with van der Waals surface area (Å²) in [5, 5.41) is 17.4. The van der Waals surface area contributed by atoms with E-state index < -0.39 is 10.0 Å². The van der Waals surface area contributed by atoms with Gasteiger partial charge in [0.2, 0.25) is 10.0 Å². The Morgan fingerprint density at radius 1 is 1.25 bits per heavy atom. The van der Waals surface area contributed by atoms with Crippen LogP contribution in [0.2, 0.25) is 5.02 Å². The van der Waals surface area contributed by atoms with Gasteiger partial charge in [-0.1, -0.05) is 24.4 Å². The van der Waals surface area contributed by atoms with Crippen LogP contribution in [0.1, 0.15) is 31.2 Å². The third-order valence-electron chi connectivity index (χ3n) is 2.73. The third-order valence-corrected chi connectivity index (χ3v) is 4.67. The van der Waals surface area contributed by atoms with Crippen LogP contribution in [0.4, 0.5) is 0 Å². The molecule has 0 unspecified atom stereocenters. The van der Waals surface area contributed by atoms with E-state index in [9.17, 15) is 8.42 Å². The fraction of sp³-hybridized carbons (Fsp3) is 0.462. The van der Waals surface area contributed by atoms with Crippen molar-refractivity contribution in [3.8, 4) is 6.07 Å². The molecule has 0 bridgehead atoms. The lowest BCUT2D eigenvalue weighted by molar-refractivity contribution is 0.282. The van der Waals surface area contributed by atoms with Gasteiger partial charge in [-0.15, -0.1) is 0 Å². The number of hydrogen-bond acceptors (Lipinski definition) is 4.